The summed E-state index contributed by atoms with van der Waals surface area (Å²) in [5.41, 5.74) is -0.963. The molecule has 0 aliphatic rings. The molecule has 0 aliphatic heterocycles. The highest BCUT2D eigenvalue weighted by molar-refractivity contribution is 5.70. The van der Waals surface area contributed by atoms with Gasteiger partial charge in [-0.05, 0) is 6.07 Å². The zero-order valence-electron chi connectivity index (χ0n) is 8.59. The van der Waals surface area contributed by atoms with Crippen molar-refractivity contribution in [3.05, 3.63) is 23.1 Å². The maximum atomic E-state index is 13.1. The molecule has 1 aromatic rings. The van der Waals surface area contributed by atoms with Gasteiger partial charge < -0.3 is 9.84 Å². The van der Waals surface area contributed by atoms with Gasteiger partial charge >= 0.3 is 12.3 Å². The smallest absolute Gasteiger partial charge is 0.481 e. The normalized spacial score (nSPS) is 11.4. The molecule has 0 unspecified atom stereocenters. The van der Waals surface area contributed by atoms with Gasteiger partial charge in [-0.1, -0.05) is 0 Å². The molecule has 1 N–H and O–H groups in total. The molecule has 1 aromatic heterocycles. The van der Waals surface area contributed by atoms with Crippen LogP contribution in [0.5, 0.6) is 5.88 Å². The number of hydrogen-bond donors (Lipinski definition) is 1. The molecule has 9 heteroatoms. The van der Waals surface area contributed by atoms with Gasteiger partial charge in [0.2, 0.25) is 0 Å². The predicted octanol–water partition coefficient (Wildman–Crippen LogP) is 2.22. The van der Waals surface area contributed by atoms with E-state index in [-0.39, 0.29) is 0 Å². The first-order valence-corrected chi connectivity index (χ1v) is 4.44. The molecule has 0 aliphatic carbocycles. The molecule has 0 spiro atoms. The van der Waals surface area contributed by atoms with Gasteiger partial charge in [-0.3, -0.25) is 4.79 Å². The Morgan fingerprint density at radius 2 is 2.06 bits per heavy atom. The van der Waals surface area contributed by atoms with E-state index in [0.29, 0.717) is 6.07 Å². The molecule has 0 amide bonds. The van der Waals surface area contributed by atoms with Crippen molar-refractivity contribution in [2.75, 3.05) is 0 Å². The zero-order valence-corrected chi connectivity index (χ0v) is 8.59. The Bertz CT molecular complexity index is 460. The summed E-state index contributed by atoms with van der Waals surface area (Å²) in [6.07, 6.45) is -6.01. The first-order chi connectivity index (χ1) is 8.23. The van der Waals surface area contributed by atoms with Crippen molar-refractivity contribution in [1.82, 2.24) is 4.98 Å². The van der Waals surface area contributed by atoms with Crippen LogP contribution in [0.3, 0.4) is 0 Å². The molecule has 1 heterocycles. The number of alkyl halides is 4. The monoisotopic (exact) mass is 271 g/mol. The fourth-order valence-corrected chi connectivity index (χ4v) is 1.14. The first-order valence-electron chi connectivity index (χ1n) is 4.44. The number of halogens is 5. The Hall–Kier alpha value is -1.93. The lowest BCUT2D eigenvalue weighted by molar-refractivity contribution is -0.277. The van der Waals surface area contributed by atoms with Gasteiger partial charge in [0, 0.05) is 5.56 Å². The van der Waals surface area contributed by atoms with Crippen LogP contribution in [0.4, 0.5) is 22.0 Å². The van der Waals surface area contributed by atoms with E-state index in [1.54, 1.807) is 0 Å². The van der Waals surface area contributed by atoms with Crippen molar-refractivity contribution >= 4 is 5.97 Å². The van der Waals surface area contributed by atoms with E-state index < -0.39 is 48.4 Å². The SMILES string of the molecule is O=C(O)Cc1nc(OC(F)(F)F)c(F)cc1CF. The largest absolute Gasteiger partial charge is 0.574 e. The number of carboxylic acids is 1. The summed E-state index contributed by atoms with van der Waals surface area (Å²) >= 11 is 0. The minimum Gasteiger partial charge on any atom is -0.481 e. The van der Waals surface area contributed by atoms with Crippen molar-refractivity contribution in [2.24, 2.45) is 0 Å². The first kappa shape index (κ1) is 14.1. The van der Waals surface area contributed by atoms with E-state index in [1.165, 1.54) is 0 Å². The number of ether oxygens (including phenoxy) is 1. The summed E-state index contributed by atoms with van der Waals surface area (Å²) in [5, 5.41) is 8.46. The molecule has 18 heavy (non-hydrogen) atoms. The maximum Gasteiger partial charge on any atom is 0.574 e. The van der Waals surface area contributed by atoms with Crippen LogP contribution >= 0.6 is 0 Å². The summed E-state index contributed by atoms with van der Waals surface area (Å²) < 4.78 is 64.4. The second-order valence-corrected chi connectivity index (χ2v) is 3.13. The van der Waals surface area contributed by atoms with E-state index in [4.69, 9.17) is 5.11 Å². The molecule has 4 nitrogen and oxygen atoms in total. The molecule has 0 radical (unpaired) electrons. The van der Waals surface area contributed by atoms with Gasteiger partial charge in [-0.15, -0.1) is 13.2 Å². The molecule has 0 aromatic carbocycles. The molecular formula is C9H6F5NO3. The van der Waals surface area contributed by atoms with Crippen LogP contribution in [0.2, 0.25) is 0 Å². The maximum absolute atomic E-state index is 13.1. The summed E-state index contributed by atoms with van der Waals surface area (Å²) in [4.78, 5) is 13.4. The molecule has 0 fully saturated rings. The third kappa shape index (κ3) is 3.82. The summed E-state index contributed by atoms with van der Waals surface area (Å²) in [6, 6.07) is 0.423. The summed E-state index contributed by atoms with van der Waals surface area (Å²) in [6.45, 7) is -1.25. The fraction of sp³-hybridized carbons (Fsp3) is 0.333. The van der Waals surface area contributed by atoms with E-state index in [0.717, 1.165) is 0 Å². The minimum absolute atomic E-state index is 0.423. The van der Waals surface area contributed by atoms with Crippen molar-refractivity contribution in [3.63, 3.8) is 0 Å². The summed E-state index contributed by atoms with van der Waals surface area (Å²) in [5.74, 6) is -4.40. The van der Waals surface area contributed by atoms with Crippen LogP contribution in [-0.2, 0) is 17.9 Å². The van der Waals surface area contributed by atoms with Crippen LogP contribution in [0.1, 0.15) is 11.3 Å². The number of carboxylic acid groups (broad SMARTS) is 1. The molecule has 0 bridgehead atoms. The molecule has 0 saturated carbocycles. The van der Waals surface area contributed by atoms with E-state index in [9.17, 15) is 26.7 Å². The van der Waals surface area contributed by atoms with Crippen molar-refractivity contribution < 1.29 is 36.6 Å². The van der Waals surface area contributed by atoms with Crippen molar-refractivity contribution in [2.45, 2.75) is 19.5 Å². The number of aromatic nitrogens is 1. The number of nitrogens with zero attached hydrogens (tertiary/aromatic N) is 1. The van der Waals surface area contributed by atoms with Crippen molar-refractivity contribution in [1.29, 1.82) is 0 Å². The van der Waals surface area contributed by atoms with E-state index >= 15 is 0 Å². The van der Waals surface area contributed by atoms with Crippen molar-refractivity contribution in [3.8, 4) is 5.88 Å². The summed E-state index contributed by atoms with van der Waals surface area (Å²) in [7, 11) is 0. The van der Waals surface area contributed by atoms with Gasteiger partial charge in [0.15, 0.2) is 5.82 Å². The lowest BCUT2D eigenvalue weighted by Gasteiger charge is -2.11. The quantitative estimate of drug-likeness (QED) is 0.853. The standard InChI is InChI=1S/C9H6F5NO3/c10-3-4-1-5(11)8(18-9(12,13)14)15-6(4)2-7(16)17/h1H,2-3H2,(H,16,17). The van der Waals surface area contributed by atoms with Crippen LogP contribution < -0.4 is 4.74 Å². The van der Waals surface area contributed by atoms with Crippen LogP contribution in [-0.4, -0.2) is 22.4 Å². The Kier molecular flexibility index (Phi) is 4.04. The Morgan fingerprint density at radius 3 is 2.50 bits per heavy atom. The second-order valence-electron chi connectivity index (χ2n) is 3.13. The zero-order chi connectivity index (χ0) is 13.9. The highest BCUT2D eigenvalue weighted by atomic mass is 19.4. The van der Waals surface area contributed by atoms with Crippen LogP contribution in [0, 0.1) is 5.82 Å². The Labute approximate surface area is 97.0 Å². The van der Waals surface area contributed by atoms with Gasteiger partial charge in [0.1, 0.15) is 6.67 Å². The number of aliphatic carboxylic acids is 1. The third-order valence-corrected chi connectivity index (χ3v) is 1.79. The highest BCUT2D eigenvalue weighted by Gasteiger charge is 2.33. The van der Waals surface area contributed by atoms with Gasteiger partial charge in [-0.25, -0.2) is 13.8 Å². The highest BCUT2D eigenvalue weighted by Crippen LogP contribution is 2.26. The Balaban J connectivity index is 3.16. The van der Waals surface area contributed by atoms with Crippen LogP contribution in [0.15, 0.2) is 6.07 Å². The lowest BCUT2D eigenvalue weighted by Crippen LogP contribution is -2.20. The average molecular weight is 271 g/mol. The predicted molar refractivity (Wildman–Crippen MR) is 47.0 cm³/mol. The van der Waals surface area contributed by atoms with Gasteiger partial charge in [-0.2, -0.15) is 0 Å². The Morgan fingerprint density at radius 1 is 1.44 bits per heavy atom. The number of hydrogen-bond acceptors (Lipinski definition) is 3. The molecule has 100 valence electrons. The average Bonchev–Trinajstić information content (AvgIpc) is 2.19. The van der Waals surface area contributed by atoms with Crippen LogP contribution in [0.25, 0.3) is 0 Å². The molecule has 0 saturated heterocycles. The number of rotatable bonds is 4. The molecular weight excluding hydrogens is 265 g/mol. The van der Waals surface area contributed by atoms with Gasteiger partial charge in [0.25, 0.3) is 5.88 Å². The minimum atomic E-state index is -5.18. The number of carbonyl (C=O) groups is 1. The topological polar surface area (TPSA) is 59.4 Å². The second kappa shape index (κ2) is 5.15. The molecule has 1 rings (SSSR count). The third-order valence-electron chi connectivity index (χ3n) is 1.79. The lowest BCUT2D eigenvalue weighted by atomic mass is 10.1. The molecule has 0 atom stereocenters. The van der Waals surface area contributed by atoms with E-state index in [2.05, 4.69) is 9.72 Å². The van der Waals surface area contributed by atoms with E-state index in [1.807, 2.05) is 0 Å². The fourth-order valence-electron chi connectivity index (χ4n) is 1.14. The number of pyridine rings is 1. The van der Waals surface area contributed by atoms with Gasteiger partial charge in [0.05, 0.1) is 12.1 Å².